The lowest BCUT2D eigenvalue weighted by Gasteiger charge is -2.16. The highest BCUT2D eigenvalue weighted by Crippen LogP contribution is 2.30. The van der Waals surface area contributed by atoms with Gasteiger partial charge in [-0.1, -0.05) is 6.07 Å². The van der Waals surface area contributed by atoms with E-state index in [2.05, 4.69) is 0 Å². The van der Waals surface area contributed by atoms with Crippen molar-refractivity contribution in [2.75, 3.05) is 0 Å². The number of Topliss-reactive ketones (excluding diaryl/α,β-unsaturated/α-hetero) is 1. The molecule has 0 saturated heterocycles. The van der Waals surface area contributed by atoms with Crippen molar-refractivity contribution in [2.24, 2.45) is 0 Å². The number of benzene rings is 1. The molecule has 0 amide bonds. The summed E-state index contributed by atoms with van der Waals surface area (Å²) in [6.07, 6.45) is -4.16. The topological polar surface area (TPSA) is 17.1 Å². The Labute approximate surface area is 94.2 Å². The molecule has 17 heavy (non-hydrogen) atoms. The van der Waals surface area contributed by atoms with Crippen molar-refractivity contribution < 1.29 is 26.7 Å². The largest absolute Gasteiger partial charge is 0.369 e. The first-order chi connectivity index (χ1) is 7.67. The molecule has 0 aliphatic heterocycles. The minimum absolute atomic E-state index is 0.0900. The van der Waals surface area contributed by atoms with E-state index in [0.29, 0.717) is 5.56 Å². The maximum atomic E-state index is 13.4. The molecule has 0 unspecified atom stereocenters. The third-order valence-corrected chi connectivity index (χ3v) is 2.24. The predicted molar refractivity (Wildman–Crippen MR) is 51.2 cm³/mol. The molecule has 0 N–H and O–H groups in total. The number of rotatable bonds is 3. The number of halogens is 5. The Kier molecular flexibility index (Phi) is 3.54. The third kappa shape index (κ3) is 2.45. The lowest BCUT2D eigenvalue weighted by atomic mass is 9.98. The van der Waals surface area contributed by atoms with Crippen LogP contribution in [0, 0.1) is 19.7 Å². The van der Waals surface area contributed by atoms with E-state index < -0.39 is 29.5 Å². The molecule has 1 nitrogen and oxygen atoms in total. The van der Waals surface area contributed by atoms with Crippen LogP contribution >= 0.6 is 0 Å². The van der Waals surface area contributed by atoms with Crippen molar-refractivity contribution in [3.8, 4) is 0 Å². The first kappa shape index (κ1) is 13.6. The van der Waals surface area contributed by atoms with Crippen LogP contribution in [0.4, 0.5) is 22.0 Å². The molecule has 1 aromatic rings. The minimum atomic E-state index is -4.87. The second-order valence-corrected chi connectivity index (χ2v) is 3.69. The second-order valence-electron chi connectivity index (χ2n) is 3.69. The van der Waals surface area contributed by atoms with Crippen LogP contribution in [0.1, 0.15) is 21.5 Å². The Bertz CT molecular complexity index is 430. The number of hydrogen-bond donors (Lipinski definition) is 0. The summed E-state index contributed by atoms with van der Waals surface area (Å²) >= 11 is 0. The molecule has 1 rings (SSSR count). The Balaban J connectivity index is 3.31. The summed E-state index contributed by atoms with van der Waals surface area (Å²) in [5, 5.41) is 0. The summed E-state index contributed by atoms with van der Waals surface area (Å²) in [7, 11) is 0. The van der Waals surface area contributed by atoms with Crippen LogP contribution in [-0.4, -0.2) is 18.1 Å². The van der Waals surface area contributed by atoms with Crippen molar-refractivity contribution in [3.63, 3.8) is 0 Å². The van der Waals surface area contributed by atoms with E-state index in [4.69, 9.17) is 0 Å². The highest BCUT2D eigenvalue weighted by Gasteiger charge is 2.50. The number of ketones is 1. The predicted octanol–water partition coefficient (Wildman–Crippen LogP) is 3.53. The standard InChI is InChI=1S/C11H9F5O/c1-5-3-6(2)8(7(12)4-5)9(17)11(15,16)10(13)14/h3-4,10H,1-2H3. The second kappa shape index (κ2) is 4.43. The fourth-order valence-corrected chi connectivity index (χ4v) is 1.47. The van der Waals surface area contributed by atoms with Gasteiger partial charge in [-0.25, -0.2) is 13.2 Å². The summed E-state index contributed by atoms with van der Waals surface area (Å²) in [6.45, 7) is 2.71. The third-order valence-electron chi connectivity index (χ3n) is 2.24. The molecule has 0 aliphatic rings. The molecule has 0 spiro atoms. The summed E-state index contributed by atoms with van der Waals surface area (Å²) in [5.41, 5.74) is -0.661. The molecule has 0 bridgehead atoms. The van der Waals surface area contributed by atoms with E-state index in [1.54, 1.807) is 0 Å². The van der Waals surface area contributed by atoms with E-state index in [1.807, 2.05) is 0 Å². The molecule has 0 heterocycles. The zero-order valence-corrected chi connectivity index (χ0v) is 9.03. The lowest BCUT2D eigenvalue weighted by Crippen LogP contribution is -2.37. The summed E-state index contributed by atoms with van der Waals surface area (Å²) < 4.78 is 63.0. The average molecular weight is 252 g/mol. The highest BCUT2D eigenvalue weighted by molar-refractivity contribution is 6.03. The van der Waals surface area contributed by atoms with Crippen LogP contribution in [0.25, 0.3) is 0 Å². The molecule has 0 aliphatic carbocycles. The van der Waals surface area contributed by atoms with Gasteiger partial charge in [-0.15, -0.1) is 0 Å². The number of aryl methyl sites for hydroxylation is 2. The summed E-state index contributed by atoms with van der Waals surface area (Å²) in [5.74, 6) is -8.28. The maximum Gasteiger partial charge on any atom is 0.369 e. The van der Waals surface area contributed by atoms with Crippen LogP contribution in [0.2, 0.25) is 0 Å². The molecule has 1 aromatic carbocycles. The van der Waals surface area contributed by atoms with Crippen molar-refractivity contribution in [1.82, 2.24) is 0 Å². The summed E-state index contributed by atoms with van der Waals surface area (Å²) in [6, 6.07) is 2.12. The SMILES string of the molecule is Cc1cc(C)c(C(=O)C(F)(F)C(F)F)c(F)c1. The van der Waals surface area contributed by atoms with Gasteiger partial charge in [-0.05, 0) is 31.0 Å². The van der Waals surface area contributed by atoms with Gasteiger partial charge in [-0.2, -0.15) is 8.78 Å². The lowest BCUT2D eigenvalue weighted by molar-refractivity contribution is -0.0960. The van der Waals surface area contributed by atoms with Gasteiger partial charge in [-0.3, -0.25) is 4.79 Å². The monoisotopic (exact) mass is 252 g/mol. The van der Waals surface area contributed by atoms with Gasteiger partial charge in [0.15, 0.2) is 0 Å². The number of carbonyl (C=O) groups excluding carboxylic acids is 1. The van der Waals surface area contributed by atoms with Gasteiger partial charge in [0.05, 0.1) is 5.56 Å². The minimum Gasteiger partial charge on any atom is -0.287 e. The zero-order valence-electron chi connectivity index (χ0n) is 9.03. The van der Waals surface area contributed by atoms with Gasteiger partial charge in [0.1, 0.15) is 5.82 Å². The normalized spacial score (nSPS) is 12.0. The highest BCUT2D eigenvalue weighted by atomic mass is 19.3. The first-order valence-corrected chi connectivity index (χ1v) is 4.65. The molecule has 0 fully saturated rings. The summed E-state index contributed by atoms with van der Waals surface area (Å²) in [4.78, 5) is 11.2. The first-order valence-electron chi connectivity index (χ1n) is 4.65. The van der Waals surface area contributed by atoms with E-state index in [9.17, 15) is 26.7 Å². The number of carbonyl (C=O) groups is 1. The van der Waals surface area contributed by atoms with Gasteiger partial charge in [0.2, 0.25) is 5.78 Å². The van der Waals surface area contributed by atoms with Gasteiger partial charge in [0.25, 0.3) is 0 Å². The molecule has 0 atom stereocenters. The Morgan fingerprint density at radius 2 is 1.76 bits per heavy atom. The van der Waals surface area contributed by atoms with Crippen molar-refractivity contribution in [1.29, 1.82) is 0 Å². The van der Waals surface area contributed by atoms with Crippen molar-refractivity contribution in [3.05, 3.63) is 34.6 Å². The molecular weight excluding hydrogens is 243 g/mol. The number of hydrogen-bond acceptors (Lipinski definition) is 1. The molecule has 6 heteroatoms. The van der Waals surface area contributed by atoms with Gasteiger partial charge in [0, 0.05) is 0 Å². The average Bonchev–Trinajstić information content (AvgIpc) is 2.15. The Morgan fingerprint density at radius 1 is 1.24 bits per heavy atom. The Morgan fingerprint density at radius 3 is 2.18 bits per heavy atom. The maximum absolute atomic E-state index is 13.4. The van der Waals surface area contributed by atoms with Crippen molar-refractivity contribution >= 4 is 5.78 Å². The van der Waals surface area contributed by atoms with E-state index >= 15 is 0 Å². The van der Waals surface area contributed by atoms with Gasteiger partial charge >= 0.3 is 12.3 Å². The fourth-order valence-electron chi connectivity index (χ4n) is 1.47. The van der Waals surface area contributed by atoms with Crippen LogP contribution < -0.4 is 0 Å². The number of alkyl halides is 4. The quantitative estimate of drug-likeness (QED) is 0.594. The molecule has 94 valence electrons. The van der Waals surface area contributed by atoms with E-state index in [-0.39, 0.29) is 5.56 Å². The van der Waals surface area contributed by atoms with Crippen LogP contribution in [-0.2, 0) is 0 Å². The van der Waals surface area contributed by atoms with E-state index in [1.165, 1.54) is 19.9 Å². The molecule has 0 radical (unpaired) electrons. The van der Waals surface area contributed by atoms with Crippen LogP contribution in [0.15, 0.2) is 12.1 Å². The van der Waals surface area contributed by atoms with E-state index in [0.717, 1.165) is 6.07 Å². The smallest absolute Gasteiger partial charge is 0.287 e. The Hall–Kier alpha value is -1.46. The molecule has 0 aromatic heterocycles. The van der Waals surface area contributed by atoms with Crippen LogP contribution in [0.3, 0.4) is 0 Å². The van der Waals surface area contributed by atoms with Crippen LogP contribution in [0.5, 0.6) is 0 Å². The zero-order chi connectivity index (χ0) is 13.4. The van der Waals surface area contributed by atoms with Gasteiger partial charge < -0.3 is 0 Å². The fraction of sp³-hybridized carbons (Fsp3) is 0.364. The van der Waals surface area contributed by atoms with Crippen molar-refractivity contribution in [2.45, 2.75) is 26.2 Å². The molecule has 0 saturated carbocycles. The molecular formula is C11H9F5O.